The normalized spacial score (nSPS) is 13.2. The predicted octanol–water partition coefficient (Wildman–Crippen LogP) is 15.7. The minimum atomic E-state index is -0.574. The Kier molecular flexibility index (Phi) is 45.1. The number of rotatable bonds is 41. The molecule has 5 heteroatoms. The number of hydrogen-bond acceptors (Lipinski definition) is 5. The number of ether oxygens (including phenoxy) is 3. The van der Waals surface area contributed by atoms with Crippen LogP contribution in [0.5, 0.6) is 0 Å². The first-order chi connectivity index (χ1) is 28.6. The summed E-state index contributed by atoms with van der Waals surface area (Å²) in [6, 6.07) is 0. The summed E-state index contributed by atoms with van der Waals surface area (Å²) in [4.78, 5) is 25.2. The van der Waals surface area contributed by atoms with Gasteiger partial charge < -0.3 is 14.2 Å². The second kappa shape index (κ2) is 47.9. The summed E-state index contributed by atoms with van der Waals surface area (Å²) >= 11 is 0. The third kappa shape index (κ3) is 45.3. The molecule has 0 fully saturated rings. The Hall–Kier alpha value is -3.44. The number of hydrogen-bond donors (Lipinski definition) is 0. The molecule has 0 bridgehead atoms. The number of carbonyl (C=O) groups is 2. The fourth-order valence-corrected chi connectivity index (χ4v) is 5.88. The molecule has 0 rings (SSSR count). The topological polar surface area (TPSA) is 61.8 Å². The molecule has 0 spiro atoms. The first-order valence-electron chi connectivity index (χ1n) is 23.4. The van der Waals surface area contributed by atoms with Crippen molar-refractivity contribution in [2.45, 2.75) is 194 Å². The number of unbranched alkanes of at least 4 members (excludes halogenated alkanes) is 12. The molecule has 0 aromatic rings. The zero-order valence-electron chi connectivity index (χ0n) is 37.5. The van der Waals surface area contributed by atoms with Crippen molar-refractivity contribution in [2.75, 3.05) is 19.8 Å². The molecule has 0 aliphatic rings. The van der Waals surface area contributed by atoms with E-state index in [9.17, 15) is 9.59 Å². The number of allylic oxidation sites excluding steroid dienone is 18. The second-order valence-electron chi connectivity index (χ2n) is 14.9. The van der Waals surface area contributed by atoms with Crippen molar-refractivity contribution < 1.29 is 23.8 Å². The second-order valence-corrected chi connectivity index (χ2v) is 14.9. The van der Waals surface area contributed by atoms with Gasteiger partial charge in [-0.15, -0.1) is 0 Å². The van der Waals surface area contributed by atoms with Gasteiger partial charge in [-0.1, -0.05) is 182 Å². The lowest BCUT2D eigenvalue weighted by Gasteiger charge is -2.18. The van der Waals surface area contributed by atoms with Gasteiger partial charge in [-0.3, -0.25) is 9.59 Å². The van der Waals surface area contributed by atoms with E-state index in [0.29, 0.717) is 19.4 Å². The third-order valence-corrected chi connectivity index (χ3v) is 9.30. The summed E-state index contributed by atoms with van der Waals surface area (Å²) in [6.45, 7) is 7.48. The first kappa shape index (κ1) is 54.6. The monoisotopic (exact) mass is 803 g/mol. The quantitative estimate of drug-likeness (QED) is 0.0350. The summed E-state index contributed by atoms with van der Waals surface area (Å²) in [7, 11) is 0. The van der Waals surface area contributed by atoms with Crippen LogP contribution in [0.2, 0.25) is 0 Å². The molecule has 0 radical (unpaired) electrons. The van der Waals surface area contributed by atoms with E-state index in [1.165, 1.54) is 38.5 Å². The Bertz CT molecular complexity index is 1180. The van der Waals surface area contributed by atoms with Crippen molar-refractivity contribution in [3.8, 4) is 0 Å². The van der Waals surface area contributed by atoms with E-state index in [2.05, 4.69) is 130 Å². The van der Waals surface area contributed by atoms with E-state index >= 15 is 0 Å². The molecule has 328 valence electrons. The molecular formula is C53H86O5. The largest absolute Gasteiger partial charge is 0.462 e. The van der Waals surface area contributed by atoms with Crippen molar-refractivity contribution in [3.63, 3.8) is 0 Å². The molecule has 0 saturated heterocycles. The van der Waals surface area contributed by atoms with Crippen molar-refractivity contribution in [3.05, 3.63) is 109 Å². The van der Waals surface area contributed by atoms with Gasteiger partial charge in [-0.25, -0.2) is 0 Å². The average molecular weight is 803 g/mol. The Morgan fingerprint density at radius 1 is 0.397 bits per heavy atom. The van der Waals surface area contributed by atoms with Crippen LogP contribution in [-0.4, -0.2) is 37.9 Å². The Morgan fingerprint density at radius 3 is 1.26 bits per heavy atom. The standard InChI is InChI=1S/C53H86O5/c1-4-7-10-13-16-19-21-23-25-26-27-28-30-31-33-35-37-40-43-46-52(54)57-50-51(49-56-48-45-42-39-18-15-12-9-6-3)58-53(55)47-44-41-38-36-34-32-29-24-22-20-17-14-11-8-5-2/h7-8,10-11,16-17,19-20,23-25,27-29,31,33-34,36,51H,4-6,9,12-15,18,21-22,26,30,32,35,37-50H2,1-3H3/b10-7-,11-8-,19-16-,20-17-,25-23-,28-27-,29-24-,33-31-,36-34-. The van der Waals surface area contributed by atoms with Crippen LogP contribution in [0.3, 0.4) is 0 Å². The van der Waals surface area contributed by atoms with Gasteiger partial charge in [0.05, 0.1) is 6.61 Å². The maximum Gasteiger partial charge on any atom is 0.306 e. The van der Waals surface area contributed by atoms with E-state index in [-0.39, 0.29) is 25.2 Å². The summed E-state index contributed by atoms with van der Waals surface area (Å²) < 4.78 is 17.2. The van der Waals surface area contributed by atoms with Crippen LogP contribution in [0, 0.1) is 0 Å². The van der Waals surface area contributed by atoms with Crippen LogP contribution in [0.25, 0.3) is 0 Å². The summed E-state index contributed by atoms with van der Waals surface area (Å²) in [5.74, 6) is -0.492. The van der Waals surface area contributed by atoms with Gasteiger partial charge in [0.15, 0.2) is 6.10 Å². The van der Waals surface area contributed by atoms with Gasteiger partial charge in [0.1, 0.15) is 6.61 Å². The molecular weight excluding hydrogens is 717 g/mol. The Labute approximate surface area is 357 Å². The van der Waals surface area contributed by atoms with Gasteiger partial charge in [-0.2, -0.15) is 0 Å². The first-order valence-corrected chi connectivity index (χ1v) is 23.4. The predicted molar refractivity (Wildman–Crippen MR) is 251 cm³/mol. The van der Waals surface area contributed by atoms with Crippen molar-refractivity contribution in [1.29, 1.82) is 0 Å². The molecule has 1 unspecified atom stereocenters. The van der Waals surface area contributed by atoms with E-state index in [4.69, 9.17) is 14.2 Å². The lowest BCUT2D eigenvalue weighted by Crippen LogP contribution is -2.30. The Morgan fingerprint density at radius 2 is 0.776 bits per heavy atom. The summed E-state index contributed by atoms with van der Waals surface area (Å²) in [5, 5.41) is 0. The van der Waals surface area contributed by atoms with E-state index in [1.807, 2.05) is 0 Å². The highest BCUT2D eigenvalue weighted by molar-refractivity contribution is 5.70. The zero-order valence-corrected chi connectivity index (χ0v) is 37.5. The van der Waals surface area contributed by atoms with E-state index < -0.39 is 6.10 Å². The fourth-order valence-electron chi connectivity index (χ4n) is 5.88. The number of carbonyl (C=O) groups excluding carboxylic acids is 2. The minimum absolute atomic E-state index is 0.0456. The van der Waals surface area contributed by atoms with Gasteiger partial charge in [-0.05, 0) is 103 Å². The molecule has 0 aliphatic carbocycles. The van der Waals surface area contributed by atoms with Gasteiger partial charge in [0.2, 0.25) is 0 Å². The fraction of sp³-hybridized carbons (Fsp3) is 0.623. The molecule has 0 heterocycles. The third-order valence-electron chi connectivity index (χ3n) is 9.30. The Balaban J connectivity index is 4.34. The van der Waals surface area contributed by atoms with Gasteiger partial charge >= 0.3 is 11.9 Å². The van der Waals surface area contributed by atoms with E-state index in [0.717, 1.165) is 116 Å². The van der Waals surface area contributed by atoms with Crippen LogP contribution in [0.15, 0.2) is 109 Å². The molecule has 1 atom stereocenters. The highest BCUT2D eigenvalue weighted by Crippen LogP contribution is 2.11. The summed E-state index contributed by atoms with van der Waals surface area (Å²) in [5.41, 5.74) is 0. The number of esters is 2. The molecule has 0 aromatic heterocycles. The van der Waals surface area contributed by atoms with Crippen LogP contribution < -0.4 is 0 Å². The highest BCUT2D eigenvalue weighted by atomic mass is 16.6. The van der Waals surface area contributed by atoms with Crippen LogP contribution in [0.4, 0.5) is 0 Å². The molecule has 0 saturated carbocycles. The van der Waals surface area contributed by atoms with Crippen molar-refractivity contribution in [2.24, 2.45) is 0 Å². The lowest BCUT2D eigenvalue weighted by atomic mass is 10.1. The maximum atomic E-state index is 12.7. The van der Waals surface area contributed by atoms with Crippen LogP contribution in [-0.2, 0) is 23.8 Å². The van der Waals surface area contributed by atoms with Crippen LogP contribution in [0.1, 0.15) is 188 Å². The minimum Gasteiger partial charge on any atom is -0.462 e. The van der Waals surface area contributed by atoms with Crippen LogP contribution >= 0.6 is 0 Å². The molecule has 0 aromatic carbocycles. The highest BCUT2D eigenvalue weighted by Gasteiger charge is 2.17. The molecule has 0 aliphatic heterocycles. The zero-order chi connectivity index (χ0) is 42.1. The summed E-state index contributed by atoms with van der Waals surface area (Å²) in [6.07, 6.45) is 65.2. The SMILES string of the molecule is CC/C=C\C/C=C\C/C=C\C/C=C\C/C=C\CCCCCC(=O)OCC(COCCCCCCCCCC)OC(=O)CCCC/C=C\C/C=C\C/C=C\C/C=C\CC. The average Bonchev–Trinajstić information content (AvgIpc) is 3.22. The van der Waals surface area contributed by atoms with Gasteiger partial charge in [0.25, 0.3) is 0 Å². The molecule has 0 amide bonds. The van der Waals surface area contributed by atoms with Crippen molar-refractivity contribution in [1.82, 2.24) is 0 Å². The van der Waals surface area contributed by atoms with E-state index in [1.54, 1.807) is 0 Å². The van der Waals surface area contributed by atoms with Crippen molar-refractivity contribution >= 4 is 11.9 Å². The smallest absolute Gasteiger partial charge is 0.306 e. The molecule has 58 heavy (non-hydrogen) atoms. The maximum absolute atomic E-state index is 12.7. The molecule has 0 N–H and O–H groups in total. The lowest BCUT2D eigenvalue weighted by molar-refractivity contribution is -0.163. The van der Waals surface area contributed by atoms with Gasteiger partial charge in [0, 0.05) is 19.4 Å². The molecule has 5 nitrogen and oxygen atoms in total.